The number of carbonyl (C=O) groups is 1. The van der Waals surface area contributed by atoms with Crippen LogP contribution < -0.4 is 10.9 Å². The number of carbonyl (C=O) groups excluding carboxylic acids is 1. The van der Waals surface area contributed by atoms with Crippen molar-refractivity contribution < 1.29 is 4.79 Å². The molecule has 1 aromatic heterocycles. The summed E-state index contributed by atoms with van der Waals surface area (Å²) >= 11 is 5.90. The van der Waals surface area contributed by atoms with Crippen LogP contribution in [-0.4, -0.2) is 17.5 Å². The highest BCUT2D eigenvalue weighted by Gasteiger charge is 2.10. The molecule has 0 fully saturated rings. The van der Waals surface area contributed by atoms with E-state index in [4.69, 9.17) is 11.6 Å². The van der Waals surface area contributed by atoms with Gasteiger partial charge in [0.05, 0.1) is 6.54 Å². The van der Waals surface area contributed by atoms with Crippen molar-refractivity contribution in [2.75, 3.05) is 7.05 Å². The molecule has 5 heteroatoms. The van der Waals surface area contributed by atoms with E-state index in [1.807, 2.05) is 12.1 Å². The number of nitrogens with zero attached hydrogens (tertiary/aromatic N) is 1. The molecule has 0 spiro atoms. The topological polar surface area (TPSA) is 51.1 Å². The highest BCUT2D eigenvalue weighted by Crippen LogP contribution is 2.11. The molecule has 1 aromatic carbocycles. The lowest BCUT2D eigenvalue weighted by atomic mass is 10.2. The van der Waals surface area contributed by atoms with Gasteiger partial charge in [0.15, 0.2) is 0 Å². The summed E-state index contributed by atoms with van der Waals surface area (Å²) in [6, 6.07) is 10.5. The molecule has 19 heavy (non-hydrogen) atoms. The largest absolute Gasteiger partial charge is 0.355 e. The molecule has 0 unspecified atom stereocenters. The average molecular weight is 277 g/mol. The molecule has 4 nitrogen and oxygen atoms in total. The number of nitrogens with one attached hydrogen (secondary N) is 1. The van der Waals surface area contributed by atoms with Crippen LogP contribution in [0.5, 0.6) is 0 Å². The van der Waals surface area contributed by atoms with E-state index >= 15 is 0 Å². The Morgan fingerprint density at radius 3 is 2.79 bits per heavy atom. The molecule has 1 N–H and O–H groups in total. The van der Waals surface area contributed by atoms with Crippen LogP contribution in [0.25, 0.3) is 0 Å². The Morgan fingerprint density at radius 1 is 1.32 bits per heavy atom. The Bertz CT molecular complexity index is 664. The summed E-state index contributed by atoms with van der Waals surface area (Å²) in [6.07, 6.45) is 1.65. The van der Waals surface area contributed by atoms with E-state index < -0.39 is 0 Å². The second-order valence-electron chi connectivity index (χ2n) is 4.06. The fraction of sp³-hybridized carbons (Fsp3) is 0.143. The maximum absolute atomic E-state index is 12.1. The lowest BCUT2D eigenvalue weighted by Gasteiger charge is -2.08. The van der Waals surface area contributed by atoms with Crippen LogP contribution in [0, 0.1) is 0 Å². The van der Waals surface area contributed by atoms with Gasteiger partial charge in [0.1, 0.15) is 5.56 Å². The van der Waals surface area contributed by atoms with Gasteiger partial charge in [-0.15, -0.1) is 0 Å². The molecule has 0 radical (unpaired) electrons. The molecule has 2 aromatic rings. The van der Waals surface area contributed by atoms with Gasteiger partial charge in [0.25, 0.3) is 11.5 Å². The van der Waals surface area contributed by atoms with E-state index in [9.17, 15) is 9.59 Å². The van der Waals surface area contributed by atoms with Crippen LogP contribution >= 0.6 is 11.6 Å². The first-order chi connectivity index (χ1) is 9.11. The van der Waals surface area contributed by atoms with Gasteiger partial charge < -0.3 is 9.88 Å². The third-order valence-corrected chi connectivity index (χ3v) is 2.97. The van der Waals surface area contributed by atoms with Gasteiger partial charge in [-0.3, -0.25) is 9.59 Å². The number of aromatic nitrogens is 1. The van der Waals surface area contributed by atoms with Crippen molar-refractivity contribution in [1.82, 2.24) is 9.88 Å². The monoisotopic (exact) mass is 276 g/mol. The lowest BCUT2D eigenvalue weighted by Crippen LogP contribution is -2.31. The Hall–Kier alpha value is -2.07. The zero-order valence-corrected chi connectivity index (χ0v) is 11.1. The van der Waals surface area contributed by atoms with Gasteiger partial charge >= 0.3 is 0 Å². The highest BCUT2D eigenvalue weighted by atomic mass is 35.5. The summed E-state index contributed by atoms with van der Waals surface area (Å²) in [5, 5.41) is 3.07. The summed E-state index contributed by atoms with van der Waals surface area (Å²) < 4.78 is 1.48. The van der Waals surface area contributed by atoms with Crippen LogP contribution in [0.1, 0.15) is 15.9 Å². The Balaban J connectivity index is 2.36. The number of hydrogen-bond acceptors (Lipinski definition) is 2. The zero-order valence-electron chi connectivity index (χ0n) is 10.4. The number of benzene rings is 1. The summed E-state index contributed by atoms with van der Waals surface area (Å²) in [5.41, 5.74) is 0.720. The van der Waals surface area contributed by atoms with Crippen molar-refractivity contribution >= 4 is 17.5 Å². The van der Waals surface area contributed by atoms with Crippen molar-refractivity contribution in [2.45, 2.75) is 6.54 Å². The number of rotatable bonds is 3. The predicted molar refractivity (Wildman–Crippen MR) is 74.6 cm³/mol. The molecule has 0 bridgehead atoms. The summed E-state index contributed by atoms with van der Waals surface area (Å²) in [7, 11) is 1.50. The van der Waals surface area contributed by atoms with E-state index in [-0.39, 0.29) is 17.0 Å². The van der Waals surface area contributed by atoms with Gasteiger partial charge in [-0.05, 0) is 29.8 Å². The first-order valence-corrected chi connectivity index (χ1v) is 6.15. The summed E-state index contributed by atoms with van der Waals surface area (Å²) in [5.74, 6) is -0.384. The molecule has 0 aliphatic rings. The number of amides is 1. The minimum Gasteiger partial charge on any atom is -0.355 e. The quantitative estimate of drug-likeness (QED) is 0.931. The van der Waals surface area contributed by atoms with Gasteiger partial charge in [-0.1, -0.05) is 23.7 Å². The minimum atomic E-state index is -0.384. The van der Waals surface area contributed by atoms with Gasteiger partial charge in [0.2, 0.25) is 0 Å². The molecule has 98 valence electrons. The van der Waals surface area contributed by atoms with Crippen molar-refractivity contribution in [2.24, 2.45) is 0 Å². The van der Waals surface area contributed by atoms with Crippen LogP contribution in [0.2, 0.25) is 5.02 Å². The lowest BCUT2D eigenvalue weighted by molar-refractivity contribution is 0.0961. The average Bonchev–Trinajstić information content (AvgIpc) is 2.40. The number of pyridine rings is 1. The molecule has 0 aliphatic carbocycles. The number of hydrogen-bond donors (Lipinski definition) is 1. The van der Waals surface area contributed by atoms with Crippen LogP contribution in [0.4, 0.5) is 0 Å². The van der Waals surface area contributed by atoms with Gasteiger partial charge in [-0.25, -0.2) is 0 Å². The van der Waals surface area contributed by atoms with E-state index in [2.05, 4.69) is 5.32 Å². The molecule has 0 aliphatic heterocycles. The van der Waals surface area contributed by atoms with E-state index in [0.29, 0.717) is 11.6 Å². The summed E-state index contributed by atoms with van der Waals surface area (Å²) in [6.45, 7) is 0.379. The van der Waals surface area contributed by atoms with Gasteiger partial charge in [0, 0.05) is 18.3 Å². The first kappa shape index (κ1) is 13.4. The van der Waals surface area contributed by atoms with Crippen LogP contribution in [0.15, 0.2) is 47.4 Å². The Morgan fingerprint density at radius 2 is 2.11 bits per heavy atom. The molecule has 0 saturated carbocycles. The third kappa shape index (κ3) is 3.03. The molecule has 2 rings (SSSR count). The standard InChI is InChI=1S/C14H13ClN2O2/c1-16-13(18)12-6-3-7-17(14(12)19)9-10-4-2-5-11(15)8-10/h2-8H,9H2,1H3,(H,16,18). The van der Waals surface area contributed by atoms with E-state index in [0.717, 1.165) is 5.56 Å². The molecule has 1 heterocycles. The van der Waals surface area contributed by atoms with E-state index in [1.165, 1.54) is 17.7 Å². The third-order valence-electron chi connectivity index (χ3n) is 2.73. The summed E-state index contributed by atoms with van der Waals surface area (Å²) in [4.78, 5) is 23.7. The van der Waals surface area contributed by atoms with Crippen molar-refractivity contribution in [3.05, 3.63) is 69.1 Å². The molecular formula is C14H13ClN2O2. The fourth-order valence-corrected chi connectivity index (χ4v) is 2.01. The molecular weight excluding hydrogens is 264 g/mol. The maximum Gasteiger partial charge on any atom is 0.263 e. The Labute approximate surface area is 115 Å². The highest BCUT2D eigenvalue weighted by molar-refractivity contribution is 6.30. The van der Waals surface area contributed by atoms with E-state index in [1.54, 1.807) is 24.4 Å². The Kier molecular flexibility index (Phi) is 4.02. The smallest absolute Gasteiger partial charge is 0.263 e. The van der Waals surface area contributed by atoms with Gasteiger partial charge in [-0.2, -0.15) is 0 Å². The molecule has 1 amide bonds. The molecule has 0 atom stereocenters. The van der Waals surface area contributed by atoms with Crippen molar-refractivity contribution in [3.8, 4) is 0 Å². The second kappa shape index (κ2) is 5.71. The number of halogens is 1. The van der Waals surface area contributed by atoms with Crippen molar-refractivity contribution in [3.63, 3.8) is 0 Å². The van der Waals surface area contributed by atoms with Crippen LogP contribution in [0.3, 0.4) is 0 Å². The van der Waals surface area contributed by atoms with Crippen molar-refractivity contribution in [1.29, 1.82) is 0 Å². The fourth-order valence-electron chi connectivity index (χ4n) is 1.80. The molecule has 0 saturated heterocycles. The zero-order chi connectivity index (χ0) is 13.8. The maximum atomic E-state index is 12.1. The predicted octanol–water partition coefficient (Wildman–Crippen LogP) is 1.91. The SMILES string of the molecule is CNC(=O)c1cccn(Cc2cccc(Cl)c2)c1=O. The first-order valence-electron chi connectivity index (χ1n) is 5.78. The minimum absolute atomic E-state index is 0.132. The second-order valence-corrected chi connectivity index (χ2v) is 4.50. The van der Waals surface area contributed by atoms with Crippen LogP contribution in [-0.2, 0) is 6.54 Å². The normalized spacial score (nSPS) is 10.2.